The largest absolute Gasteiger partial charge is 0.481 e. The van der Waals surface area contributed by atoms with E-state index in [9.17, 15) is 4.79 Å². The van der Waals surface area contributed by atoms with Crippen molar-refractivity contribution in [2.24, 2.45) is 0 Å². The number of unbranched alkanes of at least 4 members (excludes halogenated alkanes) is 1. The maximum absolute atomic E-state index is 10.0. The van der Waals surface area contributed by atoms with Gasteiger partial charge in [-0.2, -0.15) is 0 Å². The molecule has 2 nitrogen and oxygen atoms in total. The lowest BCUT2D eigenvalue weighted by molar-refractivity contribution is -0.137. The van der Waals surface area contributed by atoms with Gasteiger partial charge in [0, 0.05) is 6.42 Å². The Labute approximate surface area is 68.7 Å². The van der Waals surface area contributed by atoms with Crippen LogP contribution in [0.1, 0.15) is 25.7 Å². The molecule has 0 atom stereocenters. The van der Waals surface area contributed by atoms with E-state index in [2.05, 4.69) is 0 Å². The lowest BCUT2D eigenvalue weighted by atomic mass is 10.0. The third-order valence-corrected chi connectivity index (χ3v) is 1.26. The molecule has 0 aliphatic heterocycles. The van der Waals surface area contributed by atoms with E-state index < -0.39 is 5.97 Å². The van der Waals surface area contributed by atoms with Crippen LogP contribution in [0.15, 0.2) is 12.2 Å². The molecule has 0 amide bonds. The van der Waals surface area contributed by atoms with E-state index in [1.807, 2.05) is 12.2 Å². The average molecular weight is 152 g/mol. The van der Waals surface area contributed by atoms with Crippen molar-refractivity contribution in [1.82, 2.24) is 0 Å². The summed E-state index contributed by atoms with van der Waals surface area (Å²) in [5, 5.41) is 8.27. The van der Waals surface area contributed by atoms with Crippen LogP contribution in [0.2, 0.25) is 6.32 Å². The number of allylic oxidation sites excluding steroid dienone is 2. The number of carboxylic acid groups (broad SMARTS) is 1. The molecular formula is C8H13BO2. The highest BCUT2D eigenvalue weighted by Gasteiger charge is 1.92. The molecule has 0 aromatic rings. The quantitative estimate of drug-likeness (QED) is 0.357. The molecule has 0 heterocycles. The summed E-state index contributed by atoms with van der Waals surface area (Å²) in [6.45, 7) is 0. The van der Waals surface area contributed by atoms with E-state index in [4.69, 9.17) is 13.0 Å². The Morgan fingerprint density at radius 1 is 1.36 bits per heavy atom. The number of carbonyl (C=O) groups is 1. The highest BCUT2D eigenvalue weighted by molar-refractivity contribution is 6.08. The zero-order valence-electron chi connectivity index (χ0n) is 6.62. The Balaban J connectivity index is 3.07. The fourth-order valence-corrected chi connectivity index (χ4v) is 0.703. The number of carboxylic acids is 1. The van der Waals surface area contributed by atoms with Gasteiger partial charge in [0.25, 0.3) is 0 Å². The van der Waals surface area contributed by atoms with Crippen LogP contribution in [0.4, 0.5) is 0 Å². The number of hydrogen-bond donors (Lipinski definition) is 1. The maximum Gasteiger partial charge on any atom is 0.303 e. The Hall–Kier alpha value is -0.725. The third-order valence-electron chi connectivity index (χ3n) is 1.26. The summed E-state index contributed by atoms with van der Waals surface area (Å²) < 4.78 is 0. The van der Waals surface area contributed by atoms with E-state index in [-0.39, 0.29) is 6.42 Å². The topological polar surface area (TPSA) is 37.3 Å². The van der Waals surface area contributed by atoms with Crippen LogP contribution in [0.25, 0.3) is 0 Å². The zero-order chi connectivity index (χ0) is 8.53. The summed E-state index contributed by atoms with van der Waals surface area (Å²) in [5.41, 5.74) is 0. The average Bonchev–Trinajstić information content (AvgIpc) is 1.96. The van der Waals surface area contributed by atoms with Gasteiger partial charge in [0.1, 0.15) is 0 Å². The van der Waals surface area contributed by atoms with Gasteiger partial charge >= 0.3 is 5.97 Å². The van der Waals surface area contributed by atoms with Crippen LogP contribution in [-0.2, 0) is 4.79 Å². The van der Waals surface area contributed by atoms with E-state index in [0.717, 1.165) is 19.3 Å². The SMILES string of the molecule is [B]CC/C=C\CCCC(=O)O. The van der Waals surface area contributed by atoms with Crippen LogP contribution >= 0.6 is 0 Å². The summed E-state index contributed by atoms with van der Waals surface area (Å²) in [6, 6.07) is 0. The predicted molar refractivity (Wildman–Crippen MR) is 45.8 cm³/mol. The molecule has 2 radical (unpaired) electrons. The molecule has 1 N–H and O–H groups in total. The van der Waals surface area contributed by atoms with Crippen molar-refractivity contribution in [2.45, 2.75) is 32.0 Å². The van der Waals surface area contributed by atoms with E-state index in [1.54, 1.807) is 0 Å². The Morgan fingerprint density at radius 2 is 2.00 bits per heavy atom. The fraction of sp³-hybridized carbons (Fsp3) is 0.625. The molecule has 0 unspecified atom stereocenters. The number of aliphatic carboxylic acids is 1. The smallest absolute Gasteiger partial charge is 0.303 e. The van der Waals surface area contributed by atoms with Gasteiger partial charge in [-0.25, -0.2) is 0 Å². The van der Waals surface area contributed by atoms with Crippen molar-refractivity contribution in [3.63, 3.8) is 0 Å². The molecule has 0 aliphatic carbocycles. The first-order chi connectivity index (χ1) is 5.27. The van der Waals surface area contributed by atoms with Crippen molar-refractivity contribution in [3.8, 4) is 0 Å². The van der Waals surface area contributed by atoms with Gasteiger partial charge in [0.05, 0.1) is 7.85 Å². The third kappa shape index (κ3) is 9.27. The van der Waals surface area contributed by atoms with Crippen LogP contribution in [-0.4, -0.2) is 18.9 Å². The molecule has 0 aromatic heterocycles. The number of hydrogen-bond acceptors (Lipinski definition) is 1. The normalized spacial score (nSPS) is 10.5. The predicted octanol–water partition coefficient (Wildman–Crippen LogP) is 1.77. The minimum atomic E-state index is -0.725. The van der Waals surface area contributed by atoms with Crippen LogP contribution < -0.4 is 0 Å². The van der Waals surface area contributed by atoms with Gasteiger partial charge in [-0.15, -0.1) is 0 Å². The molecule has 60 valence electrons. The molecule has 0 fully saturated rings. The summed E-state index contributed by atoms with van der Waals surface area (Å²) in [4.78, 5) is 10.0. The lowest BCUT2D eigenvalue weighted by Gasteiger charge is -1.89. The fourth-order valence-electron chi connectivity index (χ4n) is 0.703. The summed E-state index contributed by atoms with van der Waals surface area (Å²) >= 11 is 0. The second-order valence-corrected chi connectivity index (χ2v) is 2.33. The molecule has 0 aromatic carbocycles. The molecule has 0 rings (SSSR count). The van der Waals surface area contributed by atoms with Crippen molar-refractivity contribution in [2.75, 3.05) is 0 Å². The molecule has 0 spiro atoms. The second-order valence-electron chi connectivity index (χ2n) is 2.33. The highest BCUT2D eigenvalue weighted by atomic mass is 16.4. The molecule has 0 saturated heterocycles. The van der Waals surface area contributed by atoms with Gasteiger partial charge in [0.2, 0.25) is 0 Å². The Kier molecular flexibility index (Phi) is 6.90. The minimum absolute atomic E-state index is 0.257. The zero-order valence-corrected chi connectivity index (χ0v) is 6.62. The van der Waals surface area contributed by atoms with E-state index >= 15 is 0 Å². The van der Waals surface area contributed by atoms with Crippen LogP contribution in [0, 0.1) is 0 Å². The van der Waals surface area contributed by atoms with Gasteiger partial charge < -0.3 is 5.11 Å². The summed E-state index contributed by atoms with van der Waals surface area (Å²) in [6.07, 6.45) is 7.33. The Bertz CT molecular complexity index is 132. The monoisotopic (exact) mass is 152 g/mol. The van der Waals surface area contributed by atoms with Crippen LogP contribution in [0.3, 0.4) is 0 Å². The molecule has 0 saturated carbocycles. The minimum Gasteiger partial charge on any atom is -0.481 e. The van der Waals surface area contributed by atoms with Crippen molar-refractivity contribution >= 4 is 13.8 Å². The van der Waals surface area contributed by atoms with Crippen molar-refractivity contribution in [1.29, 1.82) is 0 Å². The summed E-state index contributed by atoms with van der Waals surface area (Å²) in [7, 11) is 5.25. The maximum atomic E-state index is 10.0. The Morgan fingerprint density at radius 3 is 2.55 bits per heavy atom. The molecule has 0 bridgehead atoms. The van der Waals surface area contributed by atoms with Crippen molar-refractivity contribution in [3.05, 3.63) is 12.2 Å². The molecular weight excluding hydrogens is 139 g/mol. The van der Waals surface area contributed by atoms with Gasteiger partial charge in [-0.05, 0) is 19.3 Å². The summed E-state index contributed by atoms with van der Waals surface area (Å²) in [5.74, 6) is -0.725. The standard InChI is InChI=1S/C8H13BO2/c9-7-5-3-1-2-4-6-8(10)11/h1,3H,2,4-7H2,(H,10,11)/b3-1-. The van der Waals surface area contributed by atoms with Gasteiger partial charge in [0.15, 0.2) is 0 Å². The first-order valence-electron chi connectivity index (χ1n) is 3.84. The van der Waals surface area contributed by atoms with Gasteiger partial charge in [-0.3, -0.25) is 4.79 Å². The van der Waals surface area contributed by atoms with E-state index in [0.29, 0.717) is 6.32 Å². The molecule has 3 heteroatoms. The molecule has 11 heavy (non-hydrogen) atoms. The van der Waals surface area contributed by atoms with Crippen LogP contribution in [0.5, 0.6) is 0 Å². The molecule has 0 aliphatic rings. The van der Waals surface area contributed by atoms with Gasteiger partial charge in [-0.1, -0.05) is 18.5 Å². The lowest BCUT2D eigenvalue weighted by Crippen LogP contribution is -1.92. The van der Waals surface area contributed by atoms with Crippen molar-refractivity contribution < 1.29 is 9.90 Å². The van der Waals surface area contributed by atoms with E-state index in [1.165, 1.54) is 0 Å². The first kappa shape index (κ1) is 10.3. The second kappa shape index (κ2) is 7.38. The highest BCUT2D eigenvalue weighted by Crippen LogP contribution is 1.97. The first-order valence-corrected chi connectivity index (χ1v) is 3.84. The number of rotatable bonds is 6.